The second kappa shape index (κ2) is 10.7. The quantitative estimate of drug-likeness (QED) is 0.572. The number of nitrogens with one attached hydrogen (secondary N) is 2. The van der Waals surface area contributed by atoms with E-state index in [0.717, 1.165) is 21.3 Å². The maximum atomic E-state index is 12.8. The van der Waals surface area contributed by atoms with Gasteiger partial charge in [0, 0.05) is 16.6 Å². The lowest BCUT2D eigenvalue weighted by atomic mass is 10.1. The third-order valence-electron chi connectivity index (χ3n) is 4.81. The number of benzene rings is 2. The van der Waals surface area contributed by atoms with Crippen molar-refractivity contribution in [3.05, 3.63) is 52.0 Å². The molecule has 0 aliphatic carbocycles. The number of nitrogens with zero attached hydrogens (tertiary/aromatic N) is 2. The smallest absolute Gasteiger partial charge is 0.319 e. The van der Waals surface area contributed by atoms with Crippen LogP contribution in [0.25, 0.3) is 0 Å². The SMILES string of the molecule is C#CCNC(=O)Nc1ccc(C2=NN(C(=O)Cc3cc(OC)c(OC)cc3Br)CC2)cc1. The molecule has 9 heteroatoms. The first-order valence-electron chi connectivity index (χ1n) is 9.82. The minimum atomic E-state index is -0.369. The molecule has 0 saturated heterocycles. The van der Waals surface area contributed by atoms with Crippen molar-refractivity contribution in [1.29, 1.82) is 0 Å². The van der Waals surface area contributed by atoms with Crippen molar-refractivity contribution in [3.63, 3.8) is 0 Å². The van der Waals surface area contributed by atoms with E-state index in [1.165, 1.54) is 5.01 Å². The molecule has 1 aliphatic heterocycles. The van der Waals surface area contributed by atoms with Crippen LogP contribution in [0.3, 0.4) is 0 Å². The Morgan fingerprint density at radius 3 is 2.53 bits per heavy atom. The number of rotatable bonds is 7. The van der Waals surface area contributed by atoms with Gasteiger partial charge in [0.2, 0.25) is 5.91 Å². The number of urea groups is 1. The number of amides is 3. The Hall–Kier alpha value is -3.51. The third kappa shape index (κ3) is 5.59. The lowest BCUT2D eigenvalue weighted by Gasteiger charge is -2.14. The first kappa shape index (κ1) is 23.2. The van der Waals surface area contributed by atoms with Crippen molar-refractivity contribution < 1.29 is 19.1 Å². The molecule has 32 heavy (non-hydrogen) atoms. The molecule has 1 aliphatic rings. The summed E-state index contributed by atoms with van der Waals surface area (Å²) in [5.41, 5.74) is 3.12. The number of carbonyl (C=O) groups is 2. The van der Waals surface area contributed by atoms with Gasteiger partial charge in [-0.1, -0.05) is 34.0 Å². The molecule has 2 N–H and O–H groups in total. The van der Waals surface area contributed by atoms with Gasteiger partial charge in [0.05, 0.1) is 39.4 Å². The Morgan fingerprint density at radius 2 is 1.88 bits per heavy atom. The standard InChI is InChI=1S/C23H23BrN4O4/c1-4-10-25-23(30)26-17-7-5-15(6-8-17)19-9-11-28(27-19)22(29)13-16-12-20(31-2)21(32-3)14-18(16)24/h1,5-8,12,14H,9-11,13H2,2-3H3,(H2,25,26,30). The van der Waals surface area contributed by atoms with Crippen LogP contribution in [0.2, 0.25) is 0 Å². The number of ether oxygens (including phenoxy) is 2. The molecule has 166 valence electrons. The number of terminal acetylenes is 1. The van der Waals surface area contributed by atoms with Crippen LogP contribution >= 0.6 is 15.9 Å². The highest BCUT2D eigenvalue weighted by atomic mass is 79.9. The molecule has 0 unspecified atom stereocenters. The van der Waals surface area contributed by atoms with Crippen molar-refractivity contribution in [2.45, 2.75) is 12.8 Å². The summed E-state index contributed by atoms with van der Waals surface area (Å²) < 4.78 is 11.4. The van der Waals surface area contributed by atoms with Crippen LogP contribution in [0.5, 0.6) is 11.5 Å². The van der Waals surface area contributed by atoms with Gasteiger partial charge in [-0.15, -0.1) is 6.42 Å². The minimum Gasteiger partial charge on any atom is -0.493 e. The average Bonchev–Trinajstić information content (AvgIpc) is 3.29. The van der Waals surface area contributed by atoms with Crippen LogP contribution in [-0.4, -0.2) is 50.0 Å². The molecule has 3 amide bonds. The zero-order valence-electron chi connectivity index (χ0n) is 17.8. The fourth-order valence-electron chi connectivity index (χ4n) is 3.18. The molecule has 0 aromatic heterocycles. The number of halogens is 1. The summed E-state index contributed by atoms with van der Waals surface area (Å²) in [7, 11) is 3.12. The van der Waals surface area contributed by atoms with Gasteiger partial charge in [0.1, 0.15) is 0 Å². The van der Waals surface area contributed by atoms with Crippen molar-refractivity contribution in [1.82, 2.24) is 10.3 Å². The van der Waals surface area contributed by atoms with E-state index < -0.39 is 0 Å². The molecule has 3 rings (SSSR count). The fraction of sp³-hybridized carbons (Fsp3) is 0.261. The first-order chi connectivity index (χ1) is 15.4. The average molecular weight is 499 g/mol. The molecule has 0 fully saturated rings. The summed E-state index contributed by atoms with van der Waals surface area (Å²) in [5.74, 6) is 3.37. The van der Waals surface area contributed by atoms with Crippen LogP contribution in [0.4, 0.5) is 10.5 Å². The molecule has 0 atom stereocenters. The number of hydrogen-bond donors (Lipinski definition) is 2. The molecule has 2 aromatic rings. The predicted molar refractivity (Wildman–Crippen MR) is 126 cm³/mol. The second-order valence-corrected chi connectivity index (χ2v) is 7.73. The van der Waals surface area contributed by atoms with Crippen LogP contribution in [0, 0.1) is 12.3 Å². The van der Waals surface area contributed by atoms with Gasteiger partial charge >= 0.3 is 6.03 Å². The monoisotopic (exact) mass is 498 g/mol. The summed E-state index contributed by atoms with van der Waals surface area (Å²) in [6.45, 7) is 0.665. The summed E-state index contributed by atoms with van der Waals surface area (Å²) in [5, 5.41) is 11.2. The van der Waals surface area contributed by atoms with E-state index in [0.29, 0.717) is 30.2 Å². The molecule has 2 aromatic carbocycles. The van der Waals surface area contributed by atoms with Crippen LogP contribution in [0.15, 0.2) is 46.0 Å². The zero-order chi connectivity index (χ0) is 23.1. The lowest BCUT2D eigenvalue weighted by molar-refractivity contribution is -0.130. The van der Waals surface area contributed by atoms with E-state index >= 15 is 0 Å². The van der Waals surface area contributed by atoms with Gasteiger partial charge in [0.25, 0.3) is 0 Å². The Kier molecular flexibility index (Phi) is 7.73. The summed E-state index contributed by atoms with van der Waals surface area (Å²) >= 11 is 3.49. The van der Waals surface area contributed by atoms with Gasteiger partial charge in [0.15, 0.2) is 11.5 Å². The van der Waals surface area contributed by atoms with Crippen molar-refractivity contribution >= 4 is 39.3 Å². The number of anilines is 1. The number of methoxy groups -OCH3 is 2. The van der Waals surface area contributed by atoms with Crippen molar-refractivity contribution in [3.8, 4) is 23.8 Å². The highest BCUT2D eigenvalue weighted by Gasteiger charge is 2.23. The molecular formula is C23H23BrN4O4. The number of hydrogen-bond acceptors (Lipinski definition) is 5. The normalized spacial score (nSPS) is 12.6. The van der Waals surface area contributed by atoms with E-state index in [-0.39, 0.29) is 24.9 Å². The van der Waals surface area contributed by atoms with Crippen LogP contribution < -0.4 is 20.1 Å². The molecule has 8 nitrogen and oxygen atoms in total. The Morgan fingerprint density at radius 1 is 1.19 bits per heavy atom. The van der Waals surface area contributed by atoms with Gasteiger partial charge in [-0.3, -0.25) is 4.79 Å². The molecule has 0 spiro atoms. The van der Waals surface area contributed by atoms with Crippen molar-refractivity contribution in [2.24, 2.45) is 5.10 Å². The largest absolute Gasteiger partial charge is 0.493 e. The Bertz CT molecular complexity index is 1080. The van der Waals surface area contributed by atoms with E-state index in [9.17, 15) is 9.59 Å². The lowest BCUT2D eigenvalue weighted by Crippen LogP contribution is -2.28. The minimum absolute atomic E-state index is 0.114. The van der Waals surface area contributed by atoms with E-state index in [1.807, 2.05) is 12.1 Å². The third-order valence-corrected chi connectivity index (χ3v) is 5.55. The number of carbonyl (C=O) groups excluding carboxylic acids is 2. The topological polar surface area (TPSA) is 92.3 Å². The maximum Gasteiger partial charge on any atom is 0.319 e. The molecule has 0 saturated carbocycles. The summed E-state index contributed by atoms with van der Waals surface area (Å²) in [6, 6.07) is 10.5. The second-order valence-electron chi connectivity index (χ2n) is 6.88. The zero-order valence-corrected chi connectivity index (χ0v) is 19.4. The van der Waals surface area contributed by atoms with E-state index in [2.05, 4.69) is 37.6 Å². The van der Waals surface area contributed by atoms with Gasteiger partial charge in [-0.25, -0.2) is 9.80 Å². The molecule has 0 radical (unpaired) electrons. The van der Waals surface area contributed by atoms with Gasteiger partial charge in [-0.2, -0.15) is 5.10 Å². The molecular weight excluding hydrogens is 476 g/mol. The molecule has 1 heterocycles. The van der Waals surface area contributed by atoms with Crippen molar-refractivity contribution in [2.75, 3.05) is 32.6 Å². The van der Waals surface area contributed by atoms with Crippen LogP contribution in [-0.2, 0) is 11.2 Å². The highest BCUT2D eigenvalue weighted by molar-refractivity contribution is 9.10. The van der Waals surface area contributed by atoms with E-state index in [1.54, 1.807) is 38.5 Å². The Labute approximate surface area is 195 Å². The summed E-state index contributed by atoms with van der Waals surface area (Å²) in [4.78, 5) is 24.5. The van der Waals surface area contributed by atoms with E-state index in [4.69, 9.17) is 15.9 Å². The number of hydrazone groups is 1. The predicted octanol–water partition coefficient (Wildman–Crippen LogP) is 3.40. The molecule has 0 bridgehead atoms. The first-order valence-corrected chi connectivity index (χ1v) is 10.6. The van der Waals surface area contributed by atoms with Gasteiger partial charge in [-0.05, 0) is 35.4 Å². The summed E-state index contributed by atoms with van der Waals surface area (Å²) in [6.07, 6.45) is 5.94. The fourth-order valence-corrected chi connectivity index (χ4v) is 3.64. The van der Waals surface area contributed by atoms with Gasteiger partial charge < -0.3 is 20.1 Å². The Balaban J connectivity index is 1.65. The maximum absolute atomic E-state index is 12.8. The van der Waals surface area contributed by atoms with Crippen LogP contribution in [0.1, 0.15) is 17.5 Å². The highest BCUT2D eigenvalue weighted by Crippen LogP contribution is 2.33.